The summed E-state index contributed by atoms with van der Waals surface area (Å²) in [6.07, 6.45) is 0.423. The lowest BCUT2D eigenvalue weighted by Gasteiger charge is -2.20. The number of hydrogen-bond donors (Lipinski definition) is 1. The van der Waals surface area contributed by atoms with Crippen molar-refractivity contribution < 1.29 is 19.4 Å². The number of carbonyl (C=O) groups is 2. The van der Waals surface area contributed by atoms with Crippen molar-refractivity contribution in [3.8, 4) is 5.75 Å². The first-order valence-corrected chi connectivity index (χ1v) is 6.10. The lowest BCUT2D eigenvalue weighted by molar-refractivity contribution is -0.139. The SMILES string of the molecule is COc1ccc(C)cc1N(C)C(=O)C1CC1C(=O)O. The third-order valence-corrected chi connectivity index (χ3v) is 3.45. The Kier molecular flexibility index (Phi) is 3.46. The first-order valence-electron chi connectivity index (χ1n) is 6.10. The van der Waals surface area contributed by atoms with Gasteiger partial charge in [0.1, 0.15) is 5.75 Å². The predicted octanol–water partition coefficient (Wildman–Crippen LogP) is 1.69. The van der Waals surface area contributed by atoms with Gasteiger partial charge in [-0.15, -0.1) is 0 Å². The van der Waals surface area contributed by atoms with E-state index in [0.29, 0.717) is 17.9 Å². The van der Waals surface area contributed by atoms with Gasteiger partial charge in [-0.25, -0.2) is 0 Å². The topological polar surface area (TPSA) is 66.8 Å². The molecule has 1 aromatic rings. The van der Waals surface area contributed by atoms with Crippen LogP contribution >= 0.6 is 0 Å². The van der Waals surface area contributed by atoms with Crippen LogP contribution in [0, 0.1) is 18.8 Å². The van der Waals surface area contributed by atoms with Crippen LogP contribution in [0.25, 0.3) is 0 Å². The van der Waals surface area contributed by atoms with Crippen LogP contribution in [0.4, 0.5) is 5.69 Å². The van der Waals surface area contributed by atoms with Crippen molar-refractivity contribution in [2.75, 3.05) is 19.1 Å². The van der Waals surface area contributed by atoms with Crippen LogP contribution in [0.1, 0.15) is 12.0 Å². The molecule has 5 nitrogen and oxygen atoms in total. The van der Waals surface area contributed by atoms with Crippen LogP contribution < -0.4 is 9.64 Å². The maximum absolute atomic E-state index is 12.2. The summed E-state index contributed by atoms with van der Waals surface area (Å²) in [5.41, 5.74) is 1.68. The summed E-state index contributed by atoms with van der Waals surface area (Å²) in [5.74, 6) is -1.41. The number of nitrogens with zero attached hydrogens (tertiary/aromatic N) is 1. The molecule has 0 spiro atoms. The number of amides is 1. The zero-order valence-corrected chi connectivity index (χ0v) is 11.2. The average molecular weight is 263 g/mol. The van der Waals surface area contributed by atoms with Gasteiger partial charge in [0.15, 0.2) is 0 Å². The van der Waals surface area contributed by atoms with E-state index in [-0.39, 0.29) is 5.91 Å². The molecule has 1 saturated carbocycles. The van der Waals surface area contributed by atoms with E-state index in [1.165, 1.54) is 4.90 Å². The van der Waals surface area contributed by atoms with E-state index in [4.69, 9.17) is 9.84 Å². The number of carbonyl (C=O) groups excluding carboxylic acids is 1. The van der Waals surface area contributed by atoms with Crippen molar-refractivity contribution in [1.29, 1.82) is 0 Å². The monoisotopic (exact) mass is 263 g/mol. The molecule has 102 valence electrons. The van der Waals surface area contributed by atoms with Gasteiger partial charge in [0, 0.05) is 7.05 Å². The summed E-state index contributed by atoms with van der Waals surface area (Å²) in [6, 6.07) is 5.56. The number of methoxy groups -OCH3 is 1. The van der Waals surface area contributed by atoms with Gasteiger partial charge in [-0.2, -0.15) is 0 Å². The lowest BCUT2D eigenvalue weighted by atomic mass is 10.1. The zero-order valence-electron chi connectivity index (χ0n) is 11.2. The molecule has 2 atom stereocenters. The Hall–Kier alpha value is -2.04. The molecule has 0 heterocycles. The van der Waals surface area contributed by atoms with E-state index in [9.17, 15) is 9.59 Å². The molecular weight excluding hydrogens is 246 g/mol. The molecule has 2 unspecified atom stereocenters. The van der Waals surface area contributed by atoms with Gasteiger partial charge in [0.25, 0.3) is 0 Å². The number of anilines is 1. The fourth-order valence-corrected chi connectivity index (χ4v) is 2.17. The summed E-state index contributed by atoms with van der Waals surface area (Å²) >= 11 is 0. The van der Waals surface area contributed by atoms with Crippen molar-refractivity contribution in [2.24, 2.45) is 11.8 Å². The Morgan fingerprint density at radius 1 is 1.37 bits per heavy atom. The molecule has 1 aliphatic carbocycles. The number of hydrogen-bond acceptors (Lipinski definition) is 3. The van der Waals surface area contributed by atoms with Crippen LogP contribution in [0.2, 0.25) is 0 Å². The fraction of sp³-hybridized carbons (Fsp3) is 0.429. The highest BCUT2D eigenvalue weighted by atomic mass is 16.5. The molecule has 0 aromatic heterocycles. The minimum absolute atomic E-state index is 0.170. The van der Waals surface area contributed by atoms with Gasteiger partial charge in [0.05, 0.1) is 24.6 Å². The summed E-state index contributed by atoms with van der Waals surface area (Å²) < 4.78 is 5.24. The molecule has 5 heteroatoms. The minimum Gasteiger partial charge on any atom is -0.495 e. The molecule has 0 saturated heterocycles. The third kappa shape index (κ3) is 2.54. The van der Waals surface area contributed by atoms with E-state index >= 15 is 0 Å². The molecule has 19 heavy (non-hydrogen) atoms. The lowest BCUT2D eigenvalue weighted by Crippen LogP contribution is -2.29. The van der Waals surface area contributed by atoms with Crippen molar-refractivity contribution in [3.05, 3.63) is 23.8 Å². The first kappa shape index (κ1) is 13.4. The molecule has 0 radical (unpaired) electrons. The Balaban J connectivity index is 2.20. The maximum atomic E-state index is 12.2. The summed E-state index contributed by atoms with van der Waals surface area (Å²) in [4.78, 5) is 24.5. The van der Waals surface area contributed by atoms with E-state index in [2.05, 4.69) is 0 Å². The van der Waals surface area contributed by atoms with Gasteiger partial charge >= 0.3 is 5.97 Å². The van der Waals surface area contributed by atoms with E-state index in [0.717, 1.165) is 5.56 Å². The second-order valence-corrected chi connectivity index (χ2v) is 4.86. The van der Waals surface area contributed by atoms with Crippen molar-refractivity contribution in [2.45, 2.75) is 13.3 Å². The largest absolute Gasteiger partial charge is 0.495 e. The second-order valence-electron chi connectivity index (χ2n) is 4.86. The summed E-state index contributed by atoms with van der Waals surface area (Å²) in [6.45, 7) is 1.93. The standard InChI is InChI=1S/C14H17NO4/c1-8-4-5-12(19-3)11(6-8)15(2)13(16)9-7-10(9)14(17)18/h4-6,9-10H,7H2,1-3H3,(H,17,18). The number of carboxylic acid groups (broad SMARTS) is 1. The molecule has 1 aliphatic rings. The minimum atomic E-state index is -0.900. The summed E-state index contributed by atoms with van der Waals surface area (Å²) in [7, 11) is 3.19. The summed E-state index contributed by atoms with van der Waals surface area (Å²) in [5, 5.41) is 8.87. The third-order valence-electron chi connectivity index (χ3n) is 3.45. The maximum Gasteiger partial charge on any atom is 0.307 e. The highest BCUT2D eigenvalue weighted by Crippen LogP contribution is 2.41. The average Bonchev–Trinajstić information content (AvgIpc) is 3.17. The van der Waals surface area contributed by atoms with Gasteiger partial charge in [0.2, 0.25) is 5.91 Å². The smallest absolute Gasteiger partial charge is 0.307 e. The van der Waals surface area contributed by atoms with Gasteiger partial charge < -0.3 is 14.7 Å². The van der Waals surface area contributed by atoms with Crippen LogP contribution in [0.3, 0.4) is 0 Å². The highest BCUT2D eigenvalue weighted by molar-refractivity contribution is 6.00. The van der Waals surface area contributed by atoms with Crippen molar-refractivity contribution in [3.63, 3.8) is 0 Å². The van der Waals surface area contributed by atoms with Gasteiger partial charge in [-0.05, 0) is 31.0 Å². The molecular formula is C14H17NO4. The zero-order chi connectivity index (χ0) is 14.2. The highest BCUT2D eigenvalue weighted by Gasteiger charge is 2.49. The van der Waals surface area contributed by atoms with Crippen LogP contribution in [-0.4, -0.2) is 31.1 Å². The van der Waals surface area contributed by atoms with Gasteiger partial charge in [-0.1, -0.05) is 6.07 Å². The number of ether oxygens (including phenoxy) is 1. The molecule has 1 amide bonds. The Bertz CT molecular complexity index is 526. The number of aliphatic carboxylic acids is 1. The molecule has 2 rings (SSSR count). The molecule has 1 aromatic carbocycles. The van der Waals surface area contributed by atoms with Crippen LogP contribution in [-0.2, 0) is 9.59 Å². The fourth-order valence-electron chi connectivity index (χ4n) is 2.17. The molecule has 0 aliphatic heterocycles. The van der Waals surface area contributed by atoms with Crippen LogP contribution in [0.15, 0.2) is 18.2 Å². The Labute approximate surface area is 111 Å². The van der Waals surface area contributed by atoms with Gasteiger partial charge in [-0.3, -0.25) is 9.59 Å². The predicted molar refractivity (Wildman–Crippen MR) is 70.4 cm³/mol. The molecule has 1 fully saturated rings. The normalized spacial score (nSPS) is 20.8. The Morgan fingerprint density at radius 3 is 2.58 bits per heavy atom. The number of benzene rings is 1. The molecule has 0 bridgehead atoms. The first-order chi connectivity index (χ1) is 8.95. The Morgan fingerprint density at radius 2 is 2.05 bits per heavy atom. The van der Waals surface area contributed by atoms with E-state index in [1.54, 1.807) is 20.2 Å². The number of aryl methyl sites for hydroxylation is 1. The number of rotatable bonds is 4. The second kappa shape index (κ2) is 4.91. The number of carboxylic acids is 1. The quantitative estimate of drug-likeness (QED) is 0.897. The van der Waals surface area contributed by atoms with Crippen molar-refractivity contribution >= 4 is 17.6 Å². The van der Waals surface area contributed by atoms with Crippen molar-refractivity contribution in [1.82, 2.24) is 0 Å². The van der Waals surface area contributed by atoms with E-state index in [1.807, 2.05) is 19.1 Å². The molecule has 1 N–H and O–H groups in total. The van der Waals surface area contributed by atoms with Crippen LogP contribution in [0.5, 0.6) is 5.75 Å². The van der Waals surface area contributed by atoms with E-state index < -0.39 is 17.8 Å².